The van der Waals surface area contributed by atoms with Gasteiger partial charge < -0.3 is 24.1 Å². The van der Waals surface area contributed by atoms with Gasteiger partial charge in [-0.15, -0.1) is 0 Å². The molecule has 168 valence electrons. The molecule has 3 aromatic rings. The molecule has 1 atom stereocenters. The lowest BCUT2D eigenvalue weighted by Crippen LogP contribution is -2.35. The summed E-state index contributed by atoms with van der Waals surface area (Å²) in [4.78, 5) is 2.19. The van der Waals surface area contributed by atoms with E-state index in [0.717, 1.165) is 39.7 Å². The van der Waals surface area contributed by atoms with Crippen molar-refractivity contribution in [2.24, 2.45) is 0 Å². The molecule has 1 N–H and O–H groups in total. The molecule has 0 saturated heterocycles. The fraction of sp³-hybridized carbons (Fsp3) is 0.308. The predicted molar refractivity (Wildman–Crippen MR) is 122 cm³/mol. The zero-order chi connectivity index (χ0) is 22.3. The number of hydrogen-bond acceptors (Lipinski definition) is 6. The topological polar surface area (TPSA) is 60.4 Å². The molecule has 32 heavy (non-hydrogen) atoms. The van der Waals surface area contributed by atoms with Gasteiger partial charge >= 0.3 is 0 Å². The molecule has 3 aromatic carbocycles. The lowest BCUT2D eigenvalue weighted by atomic mass is 10.1. The minimum Gasteiger partial charge on any atom is -0.497 e. The molecule has 0 spiro atoms. The lowest BCUT2D eigenvalue weighted by molar-refractivity contribution is 0.0626. The smallest absolute Gasteiger partial charge is 0.231 e. The van der Waals surface area contributed by atoms with Gasteiger partial charge in [0, 0.05) is 19.6 Å². The predicted octanol–water partition coefficient (Wildman–Crippen LogP) is 4.17. The Morgan fingerprint density at radius 3 is 2.53 bits per heavy atom. The standard InChI is InChI=1S/C26H29NO5/c1-19-6-3-4-9-24(19)30-17-22(28)16-27(14-20-7-5-8-23(12-20)29-2)15-21-10-11-25-26(13-21)32-18-31-25/h3-13,22,28H,14-18H2,1-2H3. The van der Waals surface area contributed by atoms with E-state index in [1.54, 1.807) is 7.11 Å². The summed E-state index contributed by atoms with van der Waals surface area (Å²) in [6.07, 6.45) is -0.644. The van der Waals surface area contributed by atoms with Gasteiger partial charge in [0.2, 0.25) is 6.79 Å². The summed E-state index contributed by atoms with van der Waals surface area (Å²) >= 11 is 0. The highest BCUT2D eigenvalue weighted by Gasteiger charge is 2.18. The second-order valence-corrected chi connectivity index (χ2v) is 7.94. The highest BCUT2D eigenvalue weighted by molar-refractivity contribution is 5.44. The van der Waals surface area contributed by atoms with Crippen LogP contribution in [0, 0.1) is 6.92 Å². The van der Waals surface area contributed by atoms with Crippen LogP contribution in [-0.2, 0) is 13.1 Å². The Labute approximate surface area is 188 Å². The maximum Gasteiger partial charge on any atom is 0.231 e. The van der Waals surface area contributed by atoms with Crippen molar-refractivity contribution in [3.05, 3.63) is 83.4 Å². The van der Waals surface area contributed by atoms with Gasteiger partial charge in [0.15, 0.2) is 11.5 Å². The highest BCUT2D eigenvalue weighted by atomic mass is 16.7. The molecule has 6 heteroatoms. The molecular weight excluding hydrogens is 406 g/mol. The third-order valence-corrected chi connectivity index (χ3v) is 5.38. The summed E-state index contributed by atoms with van der Waals surface area (Å²) in [6, 6.07) is 21.8. The van der Waals surface area contributed by atoms with Crippen molar-refractivity contribution in [2.45, 2.75) is 26.1 Å². The molecule has 0 aliphatic carbocycles. The minimum absolute atomic E-state index is 0.223. The zero-order valence-corrected chi connectivity index (χ0v) is 18.5. The molecule has 1 heterocycles. The van der Waals surface area contributed by atoms with E-state index in [2.05, 4.69) is 11.0 Å². The van der Waals surface area contributed by atoms with Crippen molar-refractivity contribution >= 4 is 0 Å². The Morgan fingerprint density at radius 2 is 1.72 bits per heavy atom. The van der Waals surface area contributed by atoms with Gasteiger partial charge in [-0.2, -0.15) is 0 Å². The van der Waals surface area contributed by atoms with Gasteiger partial charge in [0.05, 0.1) is 7.11 Å². The van der Waals surface area contributed by atoms with Crippen LogP contribution < -0.4 is 18.9 Å². The Morgan fingerprint density at radius 1 is 0.938 bits per heavy atom. The molecule has 0 fully saturated rings. The molecule has 0 radical (unpaired) electrons. The number of nitrogens with zero attached hydrogens (tertiary/aromatic N) is 1. The van der Waals surface area contributed by atoms with Crippen molar-refractivity contribution in [3.63, 3.8) is 0 Å². The Balaban J connectivity index is 1.45. The van der Waals surface area contributed by atoms with E-state index in [4.69, 9.17) is 18.9 Å². The second-order valence-electron chi connectivity index (χ2n) is 7.94. The van der Waals surface area contributed by atoms with Gasteiger partial charge in [-0.05, 0) is 53.9 Å². The van der Waals surface area contributed by atoms with Gasteiger partial charge in [0.1, 0.15) is 24.2 Å². The van der Waals surface area contributed by atoms with Gasteiger partial charge in [-0.1, -0.05) is 36.4 Å². The second kappa shape index (κ2) is 10.4. The molecule has 1 unspecified atom stereocenters. The first-order chi connectivity index (χ1) is 15.6. The number of benzene rings is 3. The summed E-state index contributed by atoms with van der Waals surface area (Å²) in [6.45, 7) is 4.23. The first kappa shape index (κ1) is 22.0. The number of aliphatic hydroxyl groups is 1. The van der Waals surface area contributed by atoms with Crippen LogP contribution in [0.15, 0.2) is 66.7 Å². The number of rotatable bonds is 10. The van der Waals surface area contributed by atoms with Crippen LogP contribution in [0.2, 0.25) is 0 Å². The van der Waals surface area contributed by atoms with E-state index in [9.17, 15) is 5.11 Å². The van der Waals surface area contributed by atoms with Crippen LogP contribution in [0.3, 0.4) is 0 Å². The van der Waals surface area contributed by atoms with Crippen molar-refractivity contribution in [3.8, 4) is 23.0 Å². The molecule has 0 amide bonds. The highest BCUT2D eigenvalue weighted by Crippen LogP contribution is 2.33. The van der Waals surface area contributed by atoms with E-state index < -0.39 is 6.10 Å². The maximum absolute atomic E-state index is 10.7. The van der Waals surface area contributed by atoms with E-state index >= 15 is 0 Å². The first-order valence-corrected chi connectivity index (χ1v) is 10.7. The first-order valence-electron chi connectivity index (χ1n) is 10.7. The molecule has 0 aromatic heterocycles. The third kappa shape index (κ3) is 5.72. The Hall–Kier alpha value is -3.22. The van der Waals surface area contributed by atoms with Crippen LogP contribution in [-0.4, -0.2) is 43.2 Å². The monoisotopic (exact) mass is 435 g/mol. The van der Waals surface area contributed by atoms with Gasteiger partial charge in [-0.25, -0.2) is 0 Å². The van der Waals surface area contributed by atoms with Gasteiger partial charge in [-0.3, -0.25) is 4.90 Å². The average Bonchev–Trinajstić information content (AvgIpc) is 3.26. The average molecular weight is 436 g/mol. The molecule has 4 rings (SSSR count). The molecular formula is C26H29NO5. The van der Waals surface area contributed by atoms with Crippen molar-refractivity contribution < 1.29 is 24.1 Å². The summed E-state index contributed by atoms with van der Waals surface area (Å²) in [7, 11) is 1.66. The van der Waals surface area contributed by atoms with Crippen LogP contribution in [0.1, 0.15) is 16.7 Å². The quantitative estimate of drug-likeness (QED) is 0.516. The number of methoxy groups -OCH3 is 1. The van der Waals surface area contributed by atoms with E-state index in [1.165, 1.54) is 0 Å². The summed E-state index contributed by atoms with van der Waals surface area (Å²) in [5, 5.41) is 10.7. The number of para-hydroxylation sites is 1. The third-order valence-electron chi connectivity index (χ3n) is 5.38. The Kier molecular flexibility index (Phi) is 7.14. The molecule has 0 bridgehead atoms. The largest absolute Gasteiger partial charge is 0.497 e. The minimum atomic E-state index is -0.644. The van der Waals surface area contributed by atoms with E-state index in [0.29, 0.717) is 19.6 Å². The molecule has 0 saturated carbocycles. The fourth-order valence-corrected chi connectivity index (χ4v) is 3.77. The van der Waals surface area contributed by atoms with Crippen LogP contribution in [0.25, 0.3) is 0 Å². The maximum atomic E-state index is 10.7. The number of fused-ring (bicyclic) bond motifs is 1. The lowest BCUT2D eigenvalue weighted by Gasteiger charge is -2.26. The number of aliphatic hydroxyl groups excluding tert-OH is 1. The molecule has 1 aliphatic heterocycles. The summed E-state index contributed by atoms with van der Waals surface area (Å²) < 4.78 is 22.2. The van der Waals surface area contributed by atoms with E-state index in [1.807, 2.05) is 67.6 Å². The van der Waals surface area contributed by atoms with Crippen molar-refractivity contribution in [2.75, 3.05) is 27.1 Å². The van der Waals surface area contributed by atoms with Crippen molar-refractivity contribution in [1.82, 2.24) is 4.90 Å². The fourth-order valence-electron chi connectivity index (χ4n) is 3.77. The normalized spacial score (nSPS) is 13.2. The number of ether oxygens (including phenoxy) is 4. The van der Waals surface area contributed by atoms with Crippen molar-refractivity contribution in [1.29, 1.82) is 0 Å². The zero-order valence-electron chi connectivity index (χ0n) is 18.5. The number of hydrogen-bond donors (Lipinski definition) is 1. The van der Waals surface area contributed by atoms with Crippen LogP contribution in [0.5, 0.6) is 23.0 Å². The molecule has 6 nitrogen and oxygen atoms in total. The van der Waals surface area contributed by atoms with Crippen LogP contribution >= 0.6 is 0 Å². The summed E-state index contributed by atoms with van der Waals surface area (Å²) in [5.74, 6) is 3.13. The van der Waals surface area contributed by atoms with E-state index in [-0.39, 0.29) is 13.4 Å². The SMILES string of the molecule is COc1cccc(CN(Cc2ccc3c(c2)OCO3)CC(O)COc2ccccc2C)c1. The van der Waals surface area contributed by atoms with Crippen LogP contribution in [0.4, 0.5) is 0 Å². The number of aryl methyl sites for hydroxylation is 1. The Bertz CT molecular complexity index is 1040. The molecule has 1 aliphatic rings. The van der Waals surface area contributed by atoms with Gasteiger partial charge in [0.25, 0.3) is 0 Å². The summed E-state index contributed by atoms with van der Waals surface area (Å²) in [5.41, 5.74) is 3.24.